The summed E-state index contributed by atoms with van der Waals surface area (Å²) in [6, 6.07) is 0. The molecule has 1 aromatic rings. The molecule has 5 heteroatoms. The molecular formula is C15H21N3O2. The highest BCUT2D eigenvalue weighted by Crippen LogP contribution is 2.63. The minimum atomic E-state index is -0.638. The molecule has 0 aliphatic heterocycles. The summed E-state index contributed by atoms with van der Waals surface area (Å²) in [6.07, 6.45) is 10.7. The zero-order valence-electron chi connectivity index (χ0n) is 11.6. The van der Waals surface area contributed by atoms with Crippen molar-refractivity contribution in [3.8, 4) is 0 Å². The van der Waals surface area contributed by atoms with Crippen molar-refractivity contribution in [3.05, 3.63) is 12.7 Å². The van der Waals surface area contributed by atoms with E-state index in [2.05, 4.69) is 10.2 Å². The summed E-state index contributed by atoms with van der Waals surface area (Å²) in [5.74, 6) is 1.42. The smallest absolute Gasteiger partial charge is 0.308 e. The van der Waals surface area contributed by atoms with Crippen LogP contribution in [0.1, 0.15) is 38.5 Å². The van der Waals surface area contributed by atoms with E-state index in [1.165, 1.54) is 19.3 Å². The van der Waals surface area contributed by atoms with Gasteiger partial charge in [0, 0.05) is 6.54 Å². The summed E-state index contributed by atoms with van der Waals surface area (Å²) in [5.41, 5.74) is 0.0326. The normalized spacial score (nSPS) is 39.9. The van der Waals surface area contributed by atoms with Crippen LogP contribution in [0.2, 0.25) is 0 Å². The van der Waals surface area contributed by atoms with Gasteiger partial charge in [-0.05, 0) is 61.7 Å². The van der Waals surface area contributed by atoms with Crippen molar-refractivity contribution in [1.82, 2.24) is 14.8 Å². The lowest BCUT2D eigenvalue weighted by molar-refractivity contribution is -0.159. The highest BCUT2D eigenvalue weighted by atomic mass is 16.4. The number of aromatic nitrogens is 3. The molecule has 0 aromatic carbocycles. The third-order valence-corrected chi connectivity index (χ3v) is 5.98. The summed E-state index contributed by atoms with van der Waals surface area (Å²) >= 11 is 0. The van der Waals surface area contributed by atoms with Gasteiger partial charge in [-0.25, -0.2) is 0 Å². The lowest BCUT2D eigenvalue weighted by Gasteiger charge is -2.58. The number of carboxylic acid groups (broad SMARTS) is 1. The van der Waals surface area contributed by atoms with Crippen molar-refractivity contribution in [1.29, 1.82) is 0 Å². The van der Waals surface area contributed by atoms with Gasteiger partial charge in [0.25, 0.3) is 0 Å². The molecule has 0 saturated heterocycles. The molecule has 4 fully saturated rings. The molecule has 1 N–H and O–H groups in total. The maximum Gasteiger partial charge on any atom is 0.308 e. The van der Waals surface area contributed by atoms with Crippen molar-refractivity contribution in [2.75, 3.05) is 0 Å². The zero-order valence-corrected chi connectivity index (χ0v) is 11.6. The Hall–Kier alpha value is -1.39. The standard InChI is InChI=1S/C15H21N3O2/c19-14(20)13(7-18-8-16-17-9-18)15-4-10-1-11(5-15)3-12(2-10)6-15/h8-13H,1-7H2,(H,19,20). The highest BCUT2D eigenvalue weighted by molar-refractivity contribution is 5.71. The number of rotatable bonds is 4. The van der Waals surface area contributed by atoms with E-state index in [-0.39, 0.29) is 11.3 Å². The number of carbonyl (C=O) groups is 1. The fourth-order valence-corrected chi connectivity index (χ4v) is 5.67. The highest BCUT2D eigenvalue weighted by Gasteiger charge is 2.55. The van der Waals surface area contributed by atoms with Crippen molar-refractivity contribution in [2.24, 2.45) is 29.1 Å². The van der Waals surface area contributed by atoms with Crippen molar-refractivity contribution >= 4 is 5.97 Å². The Morgan fingerprint density at radius 3 is 2.10 bits per heavy atom. The van der Waals surface area contributed by atoms with Gasteiger partial charge in [0.1, 0.15) is 12.7 Å². The molecule has 5 nitrogen and oxygen atoms in total. The van der Waals surface area contributed by atoms with Crippen molar-refractivity contribution < 1.29 is 9.90 Å². The van der Waals surface area contributed by atoms with Gasteiger partial charge in [-0.1, -0.05) is 0 Å². The number of hydrogen-bond acceptors (Lipinski definition) is 3. The molecule has 4 aliphatic carbocycles. The largest absolute Gasteiger partial charge is 0.481 e. The van der Waals surface area contributed by atoms with Gasteiger partial charge in [-0.15, -0.1) is 10.2 Å². The predicted octanol–water partition coefficient (Wildman–Crippen LogP) is 2.20. The molecule has 5 rings (SSSR count). The Morgan fingerprint density at radius 2 is 1.65 bits per heavy atom. The third kappa shape index (κ3) is 1.86. The van der Waals surface area contributed by atoms with Crippen LogP contribution in [0.4, 0.5) is 0 Å². The Labute approximate surface area is 118 Å². The van der Waals surface area contributed by atoms with E-state index < -0.39 is 5.97 Å². The predicted molar refractivity (Wildman–Crippen MR) is 71.8 cm³/mol. The number of carboxylic acids is 1. The molecule has 4 bridgehead atoms. The van der Waals surface area contributed by atoms with Crippen LogP contribution in [0.15, 0.2) is 12.7 Å². The van der Waals surface area contributed by atoms with E-state index in [0.29, 0.717) is 6.54 Å². The molecule has 0 amide bonds. The molecule has 20 heavy (non-hydrogen) atoms. The van der Waals surface area contributed by atoms with Gasteiger partial charge >= 0.3 is 5.97 Å². The van der Waals surface area contributed by atoms with Crippen LogP contribution in [0.3, 0.4) is 0 Å². The first-order valence-corrected chi connectivity index (χ1v) is 7.70. The van der Waals surface area contributed by atoms with Crippen LogP contribution in [0, 0.1) is 29.1 Å². The Kier molecular flexibility index (Phi) is 2.66. The lowest BCUT2D eigenvalue weighted by atomic mass is 9.46. The Bertz CT molecular complexity index is 476. The van der Waals surface area contributed by atoms with Crippen LogP contribution < -0.4 is 0 Å². The average molecular weight is 275 g/mol. The van der Waals surface area contributed by atoms with Gasteiger partial charge in [0.2, 0.25) is 0 Å². The maximum atomic E-state index is 11.9. The monoisotopic (exact) mass is 275 g/mol. The summed E-state index contributed by atoms with van der Waals surface area (Å²) in [4.78, 5) is 11.9. The van der Waals surface area contributed by atoms with E-state index in [0.717, 1.165) is 37.0 Å². The third-order valence-electron chi connectivity index (χ3n) is 5.98. The van der Waals surface area contributed by atoms with E-state index in [1.807, 2.05) is 4.57 Å². The fourth-order valence-electron chi connectivity index (χ4n) is 5.67. The van der Waals surface area contributed by atoms with Crippen molar-refractivity contribution in [3.63, 3.8) is 0 Å². The van der Waals surface area contributed by atoms with Gasteiger partial charge in [0.05, 0.1) is 5.92 Å². The quantitative estimate of drug-likeness (QED) is 0.914. The van der Waals surface area contributed by atoms with Crippen LogP contribution >= 0.6 is 0 Å². The molecule has 1 heterocycles. The van der Waals surface area contributed by atoms with Crippen LogP contribution in [0.5, 0.6) is 0 Å². The van der Waals surface area contributed by atoms with E-state index in [9.17, 15) is 9.90 Å². The average Bonchev–Trinajstić information content (AvgIpc) is 2.86. The molecular weight excluding hydrogens is 254 g/mol. The molecule has 4 aliphatic rings. The van der Waals surface area contributed by atoms with Crippen molar-refractivity contribution in [2.45, 2.75) is 45.1 Å². The molecule has 0 radical (unpaired) electrons. The lowest BCUT2D eigenvalue weighted by Crippen LogP contribution is -2.52. The Balaban J connectivity index is 1.64. The zero-order chi connectivity index (χ0) is 13.7. The Morgan fingerprint density at radius 1 is 1.15 bits per heavy atom. The summed E-state index contributed by atoms with van der Waals surface area (Å²) in [6.45, 7) is 0.522. The molecule has 4 saturated carbocycles. The van der Waals surface area contributed by atoms with Gasteiger partial charge in [-0.3, -0.25) is 4.79 Å². The van der Waals surface area contributed by atoms with E-state index >= 15 is 0 Å². The maximum absolute atomic E-state index is 11.9. The van der Waals surface area contributed by atoms with Gasteiger partial charge in [-0.2, -0.15) is 0 Å². The first kappa shape index (κ1) is 12.4. The summed E-state index contributed by atoms with van der Waals surface area (Å²) < 4.78 is 1.83. The molecule has 0 spiro atoms. The fraction of sp³-hybridized carbons (Fsp3) is 0.800. The minimum Gasteiger partial charge on any atom is -0.481 e. The second kappa shape index (κ2) is 4.30. The van der Waals surface area contributed by atoms with Gasteiger partial charge in [0.15, 0.2) is 0 Å². The SMILES string of the molecule is O=C(O)C(Cn1cnnc1)C12CC3CC(CC(C3)C1)C2. The topological polar surface area (TPSA) is 68.0 Å². The number of aliphatic carboxylic acids is 1. The minimum absolute atomic E-state index is 0.0326. The molecule has 108 valence electrons. The van der Waals surface area contributed by atoms with Crippen LogP contribution in [-0.2, 0) is 11.3 Å². The summed E-state index contributed by atoms with van der Waals surface area (Å²) in [7, 11) is 0. The second-order valence-electron chi connectivity index (χ2n) is 7.33. The number of nitrogens with zero attached hydrogens (tertiary/aromatic N) is 3. The summed E-state index contributed by atoms with van der Waals surface area (Å²) in [5, 5.41) is 17.4. The van der Waals surface area contributed by atoms with Crippen LogP contribution in [0.25, 0.3) is 0 Å². The first-order chi connectivity index (χ1) is 9.64. The van der Waals surface area contributed by atoms with Gasteiger partial charge < -0.3 is 9.67 Å². The number of hydrogen-bond donors (Lipinski definition) is 1. The molecule has 1 atom stereocenters. The molecule has 1 aromatic heterocycles. The van der Waals surface area contributed by atoms with E-state index in [4.69, 9.17) is 0 Å². The van der Waals surface area contributed by atoms with Crippen LogP contribution in [-0.4, -0.2) is 25.8 Å². The van der Waals surface area contributed by atoms with E-state index in [1.54, 1.807) is 12.7 Å². The first-order valence-electron chi connectivity index (χ1n) is 7.70. The molecule has 1 unspecified atom stereocenters. The second-order valence-corrected chi connectivity index (χ2v) is 7.33.